The number of halogens is 3. The third kappa shape index (κ3) is 5.42. The normalized spacial score (nSPS) is 13.7. The average molecular weight is 391 g/mol. The van der Waals surface area contributed by atoms with Gasteiger partial charge in [-0.3, -0.25) is 9.79 Å². The maximum absolute atomic E-state index is 12.8. The first kappa shape index (κ1) is 21.9. The molecule has 0 bridgehead atoms. The molecule has 0 aliphatic heterocycles. The van der Waals surface area contributed by atoms with Gasteiger partial charge in [-0.1, -0.05) is 20.8 Å². The van der Waals surface area contributed by atoms with Crippen LogP contribution in [0.4, 0.5) is 18.9 Å². The van der Waals surface area contributed by atoms with Crippen LogP contribution < -0.4 is 0 Å². The zero-order valence-corrected chi connectivity index (χ0v) is 15.8. The lowest BCUT2D eigenvalue weighted by molar-refractivity contribution is -0.141. The Morgan fingerprint density at radius 3 is 2.31 bits per heavy atom. The summed E-state index contributed by atoms with van der Waals surface area (Å²) in [6.07, 6.45) is -4.56. The molecule has 0 atom stereocenters. The number of aliphatic hydroxyl groups is 1. The molecule has 0 saturated carbocycles. The number of ketones is 1. The molecule has 0 aliphatic carbocycles. The third-order valence-electron chi connectivity index (χ3n) is 3.12. The van der Waals surface area contributed by atoms with Gasteiger partial charge in [0.25, 0.3) is 0 Å². The second kappa shape index (κ2) is 8.03. The molecule has 1 aromatic heterocycles. The molecule has 0 spiro atoms. The van der Waals surface area contributed by atoms with Gasteiger partial charge in [-0.05, 0) is 18.4 Å². The summed E-state index contributed by atoms with van der Waals surface area (Å²) in [4.78, 5) is 28.4. The number of aliphatic hydroxyl groups excluding tert-OH is 1. The molecule has 26 heavy (non-hydrogen) atoms. The Labute approximate surface area is 153 Å². The Hall–Kier alpha value is -2.16. The van der Waals surface area contributed by atoms with E-state index in [0.717, 1.165) is 4.88 Å². The van der Waals surface area contributed by atoms with E-state index in [1.54, 1.807) is 6.07 Å². The second-order valence-corrected chi connectivity index (χ2v) is 7.42. The first-order chi connectivity index (χ1) is 11.8. The maximum Gasteiger partial charge on any atom is 0.449 e. The summed E-state index contributed by atoms with van der Waals surface area (Å²) in [5, 5.41) is 9.33. The number of allylic oxidation sites excluding steroid dienone is 1. The monoisotopic (exact) mass is 391 g/mol. The molecule has 1 aromatic rings. The van der Waals surface area contributed by atoms with Gasteiger partial charge in [-0.2, -0.15) is 13.2 Å². The molecule has 0 saturated heterocycles. The van der Waals surface area contributed by atoms with Crippen LogP contribution >= 0.6 is 11.3 Å². The van der Waals surface area contributed by atoms with Crippen molar-refractivity contribution < 1.29 is 32.6 Å². The van der Waals surface area contributed by atoms with Crippen molar-refractivity contribution >= 4 is 35.0 Å². The van der Waals surface area contributed by atoms with Crippen molar-refractivity contribution in [2.24, 2.45) is 4.99 Å². The lowest BCUT2D eigenvalue weighted by Crippen LogP contribution is -2.20. The van der Waals surface area contributed by atoms with Crippen molar-refractivity contribution in [3.63, 3.8) is 0 Å². The summed E-state index contributed by atoms with van der Waals surface area (Å²) in [5.41, 5.74) is -1.29. The van der Waals surface area contributed by atoms with Crippen LogP contribution in [0.25, 0.3) is 0 Å². The molecule has 0 unspecified atom stereocenters. The van der Waals surface area contributed by atoms with Gasteiger partial charge in [0, 0.05) is 18.0 Å². The van der Waals surface area contributed by atoms with Gasteiger partial charge >= 0.3 is 12.1 Å². The lowest BCUT2D eigenvalue weighted by Gasteiger charge is -2.14. The van der Waals surface area contributed by atoms with Gasteiger partial charge < -0.3 is 9.84 Å². The Morgan fingerprint density at radius 1 is 1.31 bits per heavy atom. The highest BCUT2D eigenvalue weighted by Gasteiger charge is 2.38. The minimum Gasteiger partial charge on any atom is -0.504 e. The topological polar surface area (TPSA) is 76.0 Å². The van der Waals surface area contributed by atoms with Crippen molar-refractivity contribution in [1.29, 1.82) is 0 Å². The lowest BCUT2D eigenvalue weighted by atomic mass is 9.94. The van der Waals surface area contributed by atoms with Crippen LogP contribution in [-0.4, -0.2) is 35.9 Å². The Bertz CT molecular complexity index is 755. The first-order valence-electron chi connectivity index (χ1n) is 7.65. The summed E-state index contributed by atoms with van der Waals surface area (Å²) < 4.78 is 42.8. The van der Waals surface area contributed by atoms with Crippen molar-refractivity contribution in [1.82, 2.24) is 0 Å². The fraction of sp³-hybridized carbons (Fsp3) is 0.471. The van der Waals surface area contributed by atoms with Crippen LogP contribution in [-0.2, 0) is 14.9 Å². The number of hydrogen-bond acceptors (Lipinski definition) is 6. The summed E-state index contributed by atoms with van der Waals surface area (Å²) in [7, 11) is 0. The van der Waals surface area contributed by atoms with Crippen LogP contribution in [0.5, 0.6) is 0 Å². The van der Waals surface area contributed by atoms with Gasteiger partial charge in [-0.15, -0.1) is 11.3 Å². The number of carbonyl (C=O) groups is 2. The largest absolute Gasteiger partial charge is 0.504 e. The number of hydrogen-bond donors (Lipinski definition) is 1. The van der Waals surface area contributed by atoms with Crippen molar-refractivity contribution in [3.05, 3.63) is 27.2 Å². The number of nitrogens with zero attached hydrogens (tertiary/aromatic N) is 1. The minimum atomic E-state index is -5.14. The van der Waals surface area contributed by atoms with Crippen molar-refractivity contribution in [2.75, 3.05) is 6.61 Å². The van der Waals surface area contributed by atoms with E-state index in [4.69, 9.17) is 0 Å². The van der Waals surface area contributed by atoms with E-state index in [-0.39, 0.29) is 28.4 Å². The molecule has 1 N–H and O–H groups in total. The molecular formula is C17H20F3NO4S. The Morgan fingerprint density at radius 2 is 1.88 bits per heavy atom. The Kier molecular flexibility index (Phi) is 6.76. The number of esters is 1. The highest BCUT2D eigenvalue weighted by atomic mass is 32.1. The van der Waals surface area contributed by atoms with Gasteiger partial charge in [0.1, 0.15) is 5.57 Å². The molecule has 0 radical (unpaired) electrons. The summed E-state index contributed by atoms with van der Waals surface area (Å²) in [5.74, 6) is -3.77. The standard InChI is InChI=1S/C17H20F3NO4S/c1-6-25-15(24)10(14(23)17(18,19)20)8-21-11-7-12(16(3,4)5)26-13(11)9(2)22/h7-8,23H,6H2,1-5H3/b14-10-,21-8?. The Balaban J connectivity index is 3.45. The van der Waals surface area contributed by atoms with E-state index in [1.165, 1.54) is 25.2 Å². The van der Waals surface area contributed by atoms with Crippen molar-refractivity contribution in [3.8, 4) is 0 Å². The highest BCUT2D eigenvalue weighted by molar-refractivity contribution is 7.14. The maximum atomic E-state index is 12.8. The molecule has 0 fully saturated rings. The predicted molar refractivity (Wildman–Crippen MR) is 93.5 cm³/mol. The van der Waals surface area contributed by atoms with Gasteiger partial charge in [-0.25, -0.2) is 4.79 Å². The third-order valence-corrected chi connectivity index (χ3v) is 4.77. The first-order valence-corrected chi connectivity index (χ1v) is 8.47. The van der Waals surface area contributed by atoms with E-state index < -0.39 is 23.5 Å². The fourth-order valence-electron chi connectivity index (χ4n) is 1.81. The van der Waals surface area contributed by atoms with Gasteiger partial charge in [0.15, 0.2) is 5.78 Å². The summed E-state index contributed by atoms with van der Waals surface area (Å²) in [6.45, 7) is 8.29. The number of alkyl halides is 3. The molecule has 0 aromatic carbocycles. The van der Waals surface area contributed by atoms with E-state index in [2.05, 4.69) is 9.73 Å². The van der Waals surface area contributed by atoms with Crippen molar-refractivity contribution in [2.45, 2.75) is 46.2 Å². The van der Waals surface area contributed by atoms with Crippen LogP contribution in [0.2, 0.25) is 0 Å². The van der Waals surface area contributed by atoms with E-state index in [1.807, 2.05) is 20.8 Å². The summed E-state index contributed by atoms with van der Waals surface area (Å²) in [6, 6.07) is 1.57. The van der Waals surface area contributed by atoms with E-state index >= 15 is 0 Å². The van der Waals surface area contributed by atoms with Crippen LogP contribution in [0.3, 0.4) is 0 Å². The minimum absolute atomic E-state index is 0.129. The zero-order valence-electron chi connectivity index (χ0n) is 15.0. The molecule has 9 heteroatoms. The van der Waals surface area contributed by atoms with Gasteiger partial charge in [0.05, 0.1) is 17.2 Å². The van der Waals surface area contributed by atoms with Crippen LogP contribution in [0, 0.1) is 0 Å². The number of rotatable bonds is 5. The number of ether oxygens (including phenoxy) is 1. The summed E-state index contributed by atoms with van der Waals surface area (Å²) >= 11 is 1.18. The van der Waals surface area contributed by atoms with Gasteiger partial charge in [0.2, 0.25) is 5.76 Å². The smallest absolute Gasteiger partial charge is 0.449 e. The molecule has 0 aliphatic rings. The van der Waals surface area contributed by atoms with Crippen LogP contribution in [0.1, 0.15) is 49.2 Å². The molecule has 1 heterocycles. The van der Waals surface area contributed by atoms with E-state index in [9.17, 15) is 27.9 Å². The van der Waals surface area contributed by atoms with E-state index in [0.29, 0.717) is 6.21 Å². The number of thiophene rings is 1. The van der Waals surface area contributed by atoms with Crippen LogP contribution in [0.15, 0.2) is 22.4 Å². The number of Topliss-reactive ketones (excluding diaryl/α,β-unsaturated/α-hetero) is 1. The zero-order chi connectivity index (χ0) is 20.3. The highest BCUT2D eigenvalue weighted by Crippen LogP contribution is 2.37. The molecule has 5 nitrogen and oxygen atoms in total. The molecule has 1 rings (SSSR count). The fourth-order valence-corrected chi connectivity index (χ4v) is 2.86. The predicted octanol–water partition coefficient (Wildman–Crippen LogP) is 4.89. The molecule has 0 amide bonds. The quantitative estimate of drug-likeness (QED) is 0.255. The number of aliphatic imine (C=N–C) groups is 1. The molecule has 144 valence electrons. The SMILES string of the molecule is CCOC(=O)/C(C=Nc1cc(C(C)(C)C)sc1C(C)=O)=C(\O)C(F)(F)F. The second-order valence-electron chi connectivity index (χ2n) is 6.37. The molecular weight excluding hydrogens is 371 g/mol. The number of carbonyl (C=O) groups excluding carboxylic acids is 2. The average Bonchev–Trinajstić information content (AvgIpc) is 2.91.